The van der Waals surface area contributed by atoms with Crippen molar-refractivity contribution >= 4 is 11.8 Å². The first-order valence-electron chi connectivity index (χ1n) is 6.81. The Hall–Kier alpha value is -2.24. The number of methoxy groups -OCH3 is 2. The lowest BCUT2D eigenvalue weighted by Gasteiger charge is -2.19. The highest BCUT2D eigenvalue weighted by Crippen LogP contribution is 2.27. The molecular weight excluding hydrogens is 272 g/mol. The van der Waals surface area contributed by atoms with Crippen LogP contribution in [0.15, 0.2) is 18.2 Å². The lowest BCUT2D eigenvalue weighted by atomic mass is 10.1. The first-order valence-corrected chi connectivity index (χ1v) is 6.81. The van der Waals surface area contributed by atoms with Gasteiger partial charge < -0.3 is 19.7 Å². The lowest BCUT2D eigenvalue weighted by Crippen LogP contribution is -2.42. The van der Waals surface area contributed by atoms with E-state index in [4.69, 9.17) is 9.47 Å². The molecular formula is C15H20N2O4. The van der Waals surface area contributed by atoms with Crippen LogP contribution < -0.4 is 14.8 Å². The molecule has 0 saturated carbocycles. The second kappa shape index (κ2) is 6.47. The van der Waals surface area contributed by atoms with E-state index in [1.54, 1.807) is 27.3 Å². The van der Waals surface area contributed by atoms with Gasteiger partial charge in [0.1, 0.15) is 6.04 Å². The Labute approximate surface area is 124 Å². The molecule has 1 aliphatic rings. The van der Waals surface area contributed by atoms with Gasteiger partial charge in [0.25, 0.3) is 0 Å². The van der Waals surface area contributed by atoms with Crippen LogP contribution in [-0.2, 0) is 16.1 Å². The summed E-state index contributed by atoms with van der Waals surface area (Å²) in [6, 6.07) is 5.12. The molecule has 1 aliphatic heterocycles. The lowest BCUT2D eigenvalue weighted by molar-refractivity contribution is -0.133. The van der Waals surface area contributed by atoms with E-state index in [0.717, 1.165) is 5.56 Å². The van der Waals surface area contributed by atoms with Crippen molar-refractivity contribution in [3.05, 3.63) is 23.8 Å². The fourth-order valence-electron chi connectivity index (χ4n) is 2.41. The maximum atomic E-state index is 12.1. The Morgan fingerprint density at radius 1 is 1.33 bits per heavy atom. The molecule has 21 heavy (non-hydrogen) atoms. The van der Waals surface area contributed by atoms with E-state index >= 15 is 0 Å². The average molecular weight is 292 g/mol. The van der Waals surface area contributed by atoms with E-state index in [9.17, 15) is 9.59 Å². The Balaban J connectivity index is 1.97. The zero-order valence-electron chi connectivity index (χ0n) is 12.5. The van der Waals surface area contributed by atoms with Gasteiger partial charge in [0.05, 0.1) is 14.2 Å². The van der Waals surface area contributed by atoms with E-state index in [0.29, 0.717) is 30.9 Å². The number of ether oxygens (including phenoxy) is 2. The maximum absolute atomic E-state index is 12.1. The van der Waals surface area contributed by atoms with Crippen LogP contribution >= 0.6 is 0 Å². The number of hydrogen-bond acceptors (Lipinski definition) is 4. The monoisotopic (exact) mass is 292 g/mol. The third-order valence-electron chi connectivity index (χ3n) is 3.71. The number of hydrogen-bond donors (Lipinski definition) is 1. The summed E-state index contributed by atoms with van der Waals surface area (Å²) < 4.78 is 10.4. The van der Waals surface area contributed by atoms with Gasteiger partial charge in [-0.25, -0.2) is 0 Å². The molecule has 0 aliphatic carbocycles. The molecule has 1 aromatic rings. The summed E-state index contributed by atoms with van der Waals surface area (Å²) >= 11 is 0. The molecule has 6 heteroatoms. The molecule has 1 unspecified atom stereocenters. The van der Waals surface area contributed by atoms with Crippen LogP contribution in [0, 0.1) is 0 Å². The summed E-state index contributed by atoms with van der Waals surface area (Å²) in [5.74, 6) is 1.16. The zero-order chi connectivity index (χ0) is 15.4. The predicted octanol–water partition coefficient (Wildman–Crippen LogP) is 0.941. The number of carbonyl (C=O) groups excluding carboxylic acids is 2. The van der Waals surface area contributed by atoms with E-state index in [1.807, 2.05) is 12.1 Å². The molecule has 1 saturated heterocycles. The molecule has 0 aromatic heterocycles. The Kier molecular flexibility index (Phi) is 4.67. The summed E-state index contributed by atoms with van der Waals surface area (Å²) in [5, 5.41) is 2.85. The van der Waals surface area contributed by atoms with Gasteiger partial charge in [0.15, 0.2) is 11.5 Å². The SMILES string of the molecule is COc1ccc(CNC(=O)C2CCC(=O)N2C)cc1OC. The number of nitrogens with zero attached hydrogens (tertiary/aromatic N) is 1. The van der Waals surface area contributed by atoms with Gasteiger partial charge in [-0.3, -0.25) is 9.59 Å². The number of carbonyl (C=O) groups is 2. The van der Waals surface area contributed by atoms with E-state index in [2.05, 4.69) is 5.32 Å². The van der Waals surface area contributed by atoms with Crippen molar-refractivity contribution in [1.29, 1.82) is 0 Å². The molecule has 0 bridgehead atoms. The second-order valence-corrected chi connectivity index (χ2v) is 4.97. The van der Waals surface area contributed by atoms with Crippen LogP contribution in [0.1, 0.15) is 18.4 Å². The average Bonchev–Trinajstić information content (AvgIpc) is 2.84. The molecule has 114 valence electrons. The molecule has 2 rings (SSSR count). The van der Waals surface area contributed by atoms with Gasteiger partial charge in [0, 0.05) is 20.0 Å². The van der Waals surface area contributed by atoms with Crippen LogP contribution in [0.5, 0.6) is 11.5 Å². The third-order valence-corrected chi connectivity index (χ3v) is 3.71. The number of amides is 2. The molecule has 0 spiro atoms. The summed E-state index contributed by atoms with van der Waals surface area (Å²) in [6.45, 7) is 0.387. The fraction of sp³-hybridized carbons (Fsp3) is 0.467. The molecule has 6 nitrogen and oxygen atoms in total. The highest BCUT2D eigenvalue weighted by atomic mass is 16.5. The van der Waals surface area contributed by atoms with Gasteiger partial charge in [0.2, 0.25) is 11.8 Å². The van der Waals surface area contributed by atoms with Crippen molar-refractivity contribution in [2.24, 2.45) is 0 Å². The summed E-state index contributed by atoms with van der Waals surface area (Å²) in [5.41, 5.74) is 0.910. The molecule has 1 fully saturated rings. The highest BCUT2D eigenvalue weighted by Gasteiger charge is 2.32. The van der Waals surface area contributed by atoms with Crippen molar-refractivity contribution in [2.45, 2.75) is 25.4 Å². The Morgan fingerprint density at radius 2 is 2.05 bits per heavy atom. The van der Waals surface area contributed by atoms with Crippen molar-refractivity contribution in [1.82, 2.24) is 10.2 Å². The minimum absolute atomic E-state index is 0.0151. The van der Waals surface area contributed by atoms with E-state index in [1.165, 1.54) is 4.90 Å². The number of likely N-dealkylation sites (tertiary alicyclic amines) is 1. The minimum Gasteiger partial charge on any atom is -0.493 e. The third kappa shape index (κ3) is 3.26. The van der Waals surface area contributed by atoms with Gasteiger partial charge in [-0.2, -0.15) is 0 Å². The predicted molar refractivity (Wildman–Crippen MR) is 77.2 cm³/mol. The highest BCUT2D eigenvalue weighted by molar-refractivity contribution is 5.90. The van der Waals surface area contributed by atoms with E-state index in [-0.39, 0.29) is 17.9 Å². The largest absolute Gasteiger partial charge is 0.493 e. The van der Waals surface area contributed by atoms with Gasteiger partial charge in [-0.05, 0) is 24.1 Å². The zero-order valence-corrected chi connectivity index (χ0v) is 12.5. The number of rotatable bonds is 5. The summed E-state index contributed by atoms with van der Waals surface area (Å²) in [7, 11) is 4.81. The molecule has 2 amide bonds. The van der Waals surface area contributed by atoms with Crippen molar-refractivity contribution in [2.75, 3.05) is 21.3 Å². The number of benzene rings is 1. The Bertz CT molecular complexity index is 544. The molecule has 1 heterocycles. The van der Waals surface area contributed by atoms with Crippen LogP contribution in [0.25, 0.3) is 0 Å². The quantitative estimate of drug-likeness (QED) is 0.877. The van der Waals surface area contributed by atoms with Crippen LogP contribution in [0.3, 0.4) is 0 Å². The van der Waals surface area contributed by atoms with Gasteiger partial charge in [-0.1, -0.05) is 6.07 Å². The standard InChI is InChI=1S/C15H20N2O4/c1-17-11(5-7-14(17)18)15(19)16-9-10-4-6-12(20-2)13(8-10)21-3/h4,6,8,11H,5,7,9H2,1-3H3,(H,16,19). The smallest absolute Gasteiger partial charge is 0.243 e. The first kappa shape index (κ1) is 15.2. The van der Waals surface area contributed by atoms with Gasteiger partial charge >= 0.3 is 0 Å². The summed E-state index contributed by atoms with van der Waals surface area (Å²) in [4.78, 5) is 25.0. The first-order chi connectivity index (χ1) is 10.1. The molecule has 0 radical (unpaired) electrons. The van der Waals surface area contributed by atoms with Gasteiger partial charge in [-0.15, -0.1) is 0 Å². The van der Waals surface area contributed by atoms with Crippen molar-refractivity contribution in [3.8, 4) is 11.5 Å². The number of nitrogens with one attached hydrogen (secondary N) is 1. The Morgan fingerprint density at radius 3 is 2.62 bits per heavy atom. The van der Waals surface area contributed by atoms with Crippen molar-refractivity contribution < 1.29 is 19.1 Å². The van der Waals surface area contributed by atoms with E-state index < -0.39 is 0 Å². The molecule has 1 atom stereocenters. The summed E-state index contributed by atoms with van der Waals surface area (Å²) in [6.07, 6.45) is 1.01. The second-order valence-electron chi connectivity index (χ2n) is 4.97. The topological polar surface area (TPSA) is 67.9 Å². The maximum Gasteiger partial charge on any atom is 0.243 e. The van der Waals surface area contributed by atoms with Crippen LogP contribution in [0.4, 0.5) is 0 Å². The van der Waals surface area contributed by atoms with Crippen molar-refractivity contribution in [3.63, 3.8) is 0 Å². The number of likely N-dealkylation sites (N-methyl/N-ethyl adjacent to an activating group) is 1. The van der Waals surface area contributed by atoms with Crippen LogP contribution in [0.2, 0.25) is 0 Å². The van der Waals surface area contributed by atoms with Crippen LogP contribution in [-0.4, -0.2) is 44.0 Å². The minimum atomic E-state index is -0.363. The molecule has 1 aromatic carbocycles. The fourth-order valence-corrected chi connectivity index (χ4v) is 2.41. The normalized spacial score (nSPS) is 17.8. The molecule has 1 N–H and O–H groups in total.